The van der Waals surface area contributed by atoms with Gasteiger partial charge in [0.15, 0.2) is 0 Å². The van der Waals surface area contributed by atoms with Gasteiger partial charge < -0.3 is 5.32 Å². The van der Waals surface area contributed by atoms with Crippen LogP contribution in [0.3, 0.4) is 0 Å². The van der Waals surface area contributed by atoms with Crippen molar-refractivity contribution in [1.29, 1.82) is 0 Å². The minimum absolute atomic E-state index is 0.0178. The van der Waals surface area contributed by atoms with E-state index in [-0.39, 0.29) is 5.91 Å². The number of hydrogen-bond acceptors (Lipinski definition) is 5. The first-order valence-corrected chi connectivity index (χ1v) is 7.93. The van der Waals surface area contributed by atoms with Gasteiger partial charge in [-0.1, -0.05) is 17.8 Å². The number of carbonyl (C=O) groups excluding carboxylic acids is 1. The Balaban J connectivity index is 1.66. The molecule has 1 aromatic heterocycles. The molecule has 2 atom stereocenters. The van der Waals surface area contributed by atoms with Crippen molar-refractivity contribution in [2.45, 2.75) is 51.1 Å². The number of hydrogen-bond donors (Lipinski definition) is 1. The molecular formula is C13H20N4OS. The Bertz CT molecular complexity index is 461. The van der Waals surface area contributed by atoms with E-state index in [0.717, 1.165) is 25.1 Å². The molecule has 0 bridgehead atoms. The summed E-state index contributed by atoms with van der Waals surface area (Å²) in [4.78, 5) is 15.5. The zero-order valence-electron chi connectivity index (χ0n) is 11.3. The van der Waals surface area contributed by atoms with Gasteiger partial charge in [-0.3, -0.25) is 9.69 Å². The molecular weight excluding hydrogens is 260 g/mol. The quantitative estimate of drug-likeness (QED) is 0.910. The Hall–Kier alpha value is -1.01. The molecule has 2 saturated heterocycles. The summed E-state index contributed by atoms with van der Waals surface area (Å²) in [7, 11) is 0. The van der Waals surface area contributed by atoms with E-state index in [4.69, 9.17) is 0 Å². The smallest absolute Gasteiger partial charge is 0.265 e. The second-order valence-electron chi connectivity index (χ2n) is 5.37. The van der Waals surface area contributed by atoms with Gasteiger partial charge in [-0.05, 0) is 43.8 Å². The molecule has 19 heavy (non-hydrogen) atoms. The maximum atomic E-state index is 12.3. The van der Waals surface area contributed by atoms with E-state index in [0.29, 0.717) is 17.0 Å². The number of piperidine rings is 1. The van der Waals surface area contributed by atoms with E-state index < -0.39 is 0 Å². The van der Waals surface area contributed by atoms with Crippen molar-refractivity contribution in [2.24, 2.45) is 0 Å². The summed E-state index contributed by atoms with van der Waals surface area (Å²) in [6, 6.07) is 0.850. The number of carbonyl (C=O) groups is 1. The van der Waals surface area contributed by atoms with Gasteiger partial charge >= 0.3 is 0 Å². The van der Waals surface area contributed by atoms with Crippen LogP contribution in [0.25, 0.3) is 0 Å². The fourth-order valence-electron chi connectivity index (χ4n) is 3.26. The molecule has 104 valence electrons. The van der Waals surface area contributed by atoms with Crippen LogP contribution in [0, 0.1) is 0 Å². The lowest BCUT2D eigenvalue weighted by molar-refractivity contribution is 0.0918. The van der Waals surface area contributed by atoms with Crippen LogP contribution < -0.4 is 5.32 Å². The van der Waals surface area contributed by atoms with Gasteiger partial charge in [-0.25, -0.2) is 0 Å². The van der Waals surface area contributed by atoms with Crippen LogP contribution in [-0.2, 0) is 6.42 Å². The molecule has 2 aliphatic heterocycles. The Morgan fingerprint density at radius 3 is 3.16 bits per heavy atom. The molecule has 2 aliphatic rings. The average molecular weight is 280 g/mol. The van der Waals surface area contributed by atoms with Gasteiger partial charge in [0.25, 0.3) is 5.91 Å². The number of aryl methyl sites for hydroxylation is 1. The summed E-state index contributed by atoms with van der Waals surface area (Å²) in [5.74, 6) is 0.0178. The number of nitrogens with zero attached hydrogens (tertiary/aromatic N) is 3. The van der Waals surface area contributed by atoms with Crippen LogP contribution >= 0.6 is 11.5 Å². The Morgan fingerprint density at radius 2 is 2.32 bits per heavy atom. The van der Waals surface area contributed by atoms with Gasteiger partial charge in [-0.2, -0.15) is 0 Å². The highest BCUT2D eigenvalue weighted by atomic mass is 32.1. The number of rotatable bonds is 3. The lowest BCUT2D eigenvalue weighted by atomic mass is 9.99. The number of aromatic nitrogens is 2. The molecule has 0 aromatic carbocycles. The number of amides is 1. The van der Waals surface area contributed by atoms with Crippen molar-refractivity contribution in [3.05, 3.63) is 10.6 Å². The highest BCUT2D eigenvalue weighted by Gasteiger charge is 2.36. The molecule has 3 heterocycles. The highest BCUT2D eigenvalue weighted by molar-refractivity contribution is 7.08. The van der Waals surface area contributed by atoms with Crippen LogP contribution in [0.1, 0.15) is 48.0 Å². The molecule has 0 unspecified atom stereocenters. The molecule has 6 heteroatoms. The molecule has 0 spiro atoms. The van der Waals surface area contributed by atoms with Gasteiger partial charge in [0.1, 0.15) is 4.88 Å². The Labute approximate surface area is 117 Å². The molecule has 1 N–H and O–H groups in total. The second kappa shape index (κ2) is 5.54. The molecule has 1 amide bonds. The van der Waals surface area contributed by atoms with Crippen molar-refractivity contribution in [2.75, 3.05) is 13.1 Å². The van der Waals surface area contributed by atoms with Crippen LogP contribution in [0.4, 0.5) is 0 Å². The van der Waals surface area contributed by atoms with Gasteiger partial charge in [0.2, 0.25) is 0 Å². The summed E-state index contributed by atoms with van der Waals surface area (Å²) in [6.45, 7) is 4.32. The number of fused-ring (bicyclic) bond motifs is 1. The highest BCUT2D eigenvalue weighted by Crippen LogP contribution is 2.27. The van der Waals surface area contributed by atoms with Crippen molar-refractivity contribution in [1.82, 2.24) is 19.8 Å². The maximum absolute atomic E-state index is 12.3. The third kappa shape index (κ3) is 2.51. The fraction of sp³-hybridized carbons (Fsp3) is 0.769. The monoisotopic (exact) mass is 280 g/mol. The summed E-state index contributed by atoms with van der Waals surface area (Å²) in [5.41, 5.74) is 0.820. The van der Waals surface area contributed by atoms with Crippen molar-refractivity contribution in [3.63, 3.8) is 0 Å². The normalized spacial score (nSPS) is 27.2. The topological polar surface area (TPSA) is 58.1 Å². The predicted octanol–water partition coefficient (Wildman–Crippen LogP) is 1.46. The maximum Gasteiger partial charge on any atom is 0.265 e. The fourth-order valence-corrected chi connectivity index (χ4v) is 3.92. The molecule has 2 fully saturated rings. The van der Waals surface area contributed by atoms with Gasteiger partial charge in [0, 0.05) is 18.6 Å². The van der Waals surface area contributed by atoms with E-state index in [1.54, 1.807) is 0 Å². The molecule has 0 radical (unpaired) electrons. The van der Waals surface area contributed by atoms with E-state index in [2.05, 4.69) is 19.8 Å². The summed E-state index contributed by atoms with van der Waals surface area (Å²) >= 11 is 1.21. The van der Waals surface area contributed by atoms with Crippen LogP contribution in [0.2, 0.25) is 0 Å². The van der Waals surface area contributed by atoms with Crippen LogP contribution in [0.15, 0.2) is 0 Å². The van der Waals surface area contributed by atoms with Crippen molar-refractivity contribution >= 4 is 17.4 Å². The SMILES string of the molecule is CCc1nnsc1C(=O)N[C@@H]1CCN2CCCC[C@H]12. The zero-order valence-corrected chi connectivity index (χ0v) is 12.1. The lowest BCUT2D eigenvalue weighted by Gasteiger charge is -2.32. The lowest BCUT2D eigenvalue weighted by Crippen LogP contribution is -2.46. The second-order valence-corrected chi connectivity index (χ2v) is 6.12. The summed E-state index contributed by atoms with van der Waals surface area (Å²) in [5, 5.41) is 7.21. The molecule has 3 rings (SSSR count). The first-order valence-electron chi connectivity index (χ1n) is 7.15. The molecule has 0 saturated carbocycles. The molecule has 1 aromatic rings. The first kappa shape index (κ1) is 13.0. The molecule has 0 aliphatic carbocycles. The third-order valence-electron chi connectivity index (χ3n) is 4.27. The van der Waals surface area contributed by atoms with E-state index >= 15 is 0 Å². The Kier molecular flexibility index (Phi) is 3.79. The average Bonchev–Trinajstić information content (AvgIpc) is 3.05. The van der Waals surface area contributed by atoms with Crippen LogP contribution in [-0.4, -0.2) is 45.6 Å². The summed E-state index contributed by atoms with van der Waals surface area (Å²) in [6.07, 6.45) is 5.64. The first-order chi connectivity index (χ1) is 9.29. The minimum atomic E-state index is 0.0178. The van der Waals surface area contributed by atoms with E-state index in [1.165, 1.54) is 37.3 Å². The third-order valence-corrected chi connectivity index (χ3v) is 5.04. The predicted molar refractivity (Wildman–Crippen MR) is 74.4 cm³/mol. The minimum Gasteiger partial charge on any atom is -0.347 e. The largest absolute Gasteiger partial charge is 0.347 e. The molecule has 5 nitrogen and oxygen atoms in total. The standard InChI is InChI=1S/C13H20N4OS/c1-2-9-12(19-16-15-9)13(18)14-10-6-8-17-7-4-3-5-11(10)17/h10-11H,2-8H2,1H3,(H,14,18)/t10-,11-/m1/s1. The van der Waals surface area contributed by atoms with Crippen molar-refractivity contribution < 1.29 is 4.79 Å². The van der Waals surface area contributed by atoms with Crippen molar-refractivity contribution in [3.8, 4) is 0 Å². The summed E-state index contributed by atoms with van der Waals surface area (Å²) < 4.78 is 3.89. The van der Waals surface area contributed by atoms with Gasteiger partial charge in [-0.15, -0.1) is 5.10 Å². The van der Waals surface area contributed by atoms with Crippen LogP contribution in [0.5, 0.6) is 0 Å². The number of nitrogens with one attached hydrogen (secondary N) is 1. The zero-order chi connectivity index (χ0) is 13.2. The Morgan fingerprint density at radius 1 is 1.42 bits per heavy atom. The van der Waals surface area contributed by atoms with E-state index in [9.17, 15) is 4.79 Å². The van der Waals surface area contributed by atoms with Gasteiger partial charge in [0.05, 0.1) is 5.69 Å². The van der Waals surface area contributed by atoms with E-state index in [1.807, 2.05) is 6.92 Å².